The highest BCUT2D eigenvalue weighted by Crippen LogP contribution is 2.25. The molecule has 0 bridgehead atoms. The zero-order valence-corrected chi connectivity index (χ0v) is 12.7. The first-order valence-electron chi connectivity index (χ1n) is 5.74. The van der Waals surface area contributed by atoms with Crippen molar-refractivity contribution in [3.63, 3.8) is 0 Å². The largest absolute Gasteiger partial charge is 0.484 e. The van der Waals surface area contributed by atoms with Crippen molar-refractivity contribution in [1.82, 2.24) is 0 Å². The molecule has 2 aromatic rings. The summed E-state index contributed by atoms with van der Waals surface area (Å²) < 4.78 is 6.35. The summed E-state index contributed by atoms with van der Waals surface area (Å²) in [4.78, 5) is 11.9. The molecule has 0 aromatic heterocycles. The van der Waals surface area contributed by atoms with E-state index in [1.54, 1.807) is 24.3 Å². The molecule has 2 nitrogen and oxygen atoms in total. The van der Waals surface area contributed by atoms with E-state index in [0.717, 1.165) is 10.0 Å². The van der Waals surface area contributed by atoms with Gasteiger partial charge < -0.3 is 4.74 Å². The van der Waals surface area contributed by atoms with Gasteiger partial charge in [0.2, 0.25) is 0 Å². The van der Waals surface area contributed by atoms with Gasteiger partial charge >= 0.3 is 0 Å². The molecule has 0 spiro atoms. The van der Waals surface area contributed by atoms with Gasteiger partial charge in [0.1, 0.15) is 5.75 Å². The minimum Gasteiger partial charge on any atom is -0.484 e. The van der Waals surface area contributed by atoms with E-state index in [1.165, 1.54) is 0 Å². The third kappa shape index (κ3) is 3.82. The molecule has 2 rings (SSSR count). The number of Topliss-reactive ketones (excluding diaryl/α,β-unsaturated/α-hetero) is 1. The number of ether oxygens (including phenoxy) is 1. The molecule has 0 heterocycles. The monoisotopic (exact) mass is 338 g/mol. The Labute approximate surface area is 125 Å². The molecule has 0 amide bonds. The minimum atomic E-state index is -0.102. The maximum atomic E-state index is 11.9. The molecule has 0 aliphatic carbocycles. The second-order valence-corrected chi connectivity index (χ2v) is 5.45. The third-order valence-electron chi connectivity index (χ3n) is 2.59. The van der Waals surface area contributed by atoms with E-state index in [4.69, 9.17) is 16.3 Å². The summed E-state index contributed by atoms with van der Waals surface area (Å²) in [6.45, 7) is 1.98. The summed E-state index contributed by atoms with van der Waals surface area (Å²) in [5, 5.41) is 0.544. The van der Waals surface area contributed by atoms with Crippen LogP contribution in [0, 0.1) is 6.92 Å². The van der Waals surface area contributed by atoms with Crippen molar-refractivity contribution in [3.05, 3.63) is 63.1 Å². The van der Waals surface area contributed by atoms with Crippen molar-refractivity contribution in [1.29, 1.82) is 0 Å². The van der Waals surface area contributed by atoms with Crippen molar-refractivity contribution >= 4 is 33.3 Å². The lowest BCUT2D eigenvalue weighted by Crippen LogP contribution is -2.11. The number of ketones is 1. The molecule has 0 N–H and O–H groups in total. The van der Waals surface area contributed by atoms with E-state index in [-0.39, 0.29) is 12.4 Å². The molecular formula is C15H12BrClO2. The molecule has 4 heteroatoms. The van der Waals surface area contributed by atoms with Crippen molar-refractivity contribution in [3.8, 4) is 5.75 Å². The Morgan fingerprint density at radius 3 is 2.74 bits per heavy atom. The van der Waals surface area contributed by atoms with E-state index in [0.29, 0.717) is 16.3 Å². The maximum Gasteiger partial charge on any atom is 0.200 e. The van der Waals surface area contributed by atoms with Crippen LogP contribution >= 0.6 is 27.5 Å². The lowest BCUT2D eigenvalue weighted by atomic mass is 10.1. The van der Waals surface area contributed by atoms with Crippen LogP contribution in [0.25, 0.3) is 0 Å². The van der Waals surface area contributed by atoms with Gasteiger partial charge in [0, 0.05) is 10.6 Å². The van der Waals surface area contributed by atoms with Crippen LogP contribution in [0.2, 0.25) is 5.02 Å². The molecule has 0 aliphatic heterocycles. The van der Waals surface area contributed by atoms with Crippen molar-refractivity contribution in [2.75, 3.05) is 6.61 Å². The van der Waals surface area contributed by atoms with Gasteiger partial charge in [-0.25, -0.2) is 0 Å². The third-order valence-corrected chi connectivity index (χ3v) is 3.45. The number of carbonyl (C=O) groups is 1. The topological polar surface area (TPSA) is 26.3 Å². The Morgan fingerprint density at radius 1 is 1.26 bits per heavy atom. The normalized spacial score (nSPS) is 10.3. The van der Waals surface area contributed by atoms with E-state index < -0.39 is 0 Å². The van der Waals surface area contributed by atoms with Crippen LogP contribution in [-0.4, -0.2) is 12.4 Å². The van der Waals surface area contributed by atoms with Crippen LogP contribution in [0.3, 0.4) is 0 Å². The van der Waals surface area contributed by atoms with Gasteiger partial charge in [-0.2, -0.15) is 0 Å². The molecule has 19 heavy (non-hydrogen) atoms. The van der Waals surface area contributed by atoms with Crippen LogP contribution in [0.15, 0.2) is 46.9 Å². The Morgan fingerprint density at radius 2 is 2.05 bits per heavy atom. The van der Waals surface area contributed by atoms with Gasteiger partial charge in [0.15, 0.2) is 12.4 Å². The van der Waals surface area contributed by atoms with Crippen LogP contribution in [0.5, 0.6) is 5.75 Å². The maximum absolute atomic E-state index is 11.9. The van der Waals surface area contributed by atoms with Crippen molar-refractivity contribution in [2.45, 2.75) is 6.92 Å². The predicted octanol–water partition coefficient (Wildman–Crippen LogP) is 4.67. The predicted molar refractivity (Wildman–Crippen MR) is 80.2 cm³/mol. The smallest absolute Gasteiger partial charge is 0.200 e. The van der Waals surface area contributed by atoms with Crippen molar-refractivity contribution in [2.24, 2.45) is 0 Å². The Kier molecular flexibility index (Phi) is 4.61. The molecule has 0 aliphatic rings. The van der Waals surface area contributed by atoms with Gasteiger partial charge in [-0.3, -0.25) is 4.79 Å². The first kappa shape index (κ1) is 14.1. The SMILES string of the molecule is Cc1ccc(OCC(=O)c2cccc(Cl)c2)c(Br)c1. The number of carbonyl (C=O) groups excluding carboxylic acids is 1. The second kappa shape index (κ2) is 6.22. The van der Waals surface area contributed by atoms with E-state index in [9.17, 15) is 4.79 Å². The number of aryl methyl sites for hydroxylation is 1. The number of benzene rings is 2. The molecule has 0 saturated carbocycles. The summed E-state index contributed by atoms with van der Waals surface area (Å²) in [7, 11) is 0. The molecule has 0 saturated heterocycles. The van der Waals surface area contributed by atoms with E-state index in [2.05, 4.69) is 15.9 Å². The number of halogens is 2. The molecular weight excluding hydrogens is 328 g/mol. The van der Waals surface area contributed by atoms with Gasteiger partial charge in [-0.15, -0.1) is 0 Å². The van der Waals surface area contributed by atoms with Gasteiger partial charge in [-0.05, 0) is 52.7 Å². The minimum absolute atomic E-state index is 0.0119. The zero-order valence-electron chi connectivity index (χ0n) is 10.3. The van der Waals surface area contributed by atoms with E-state index >= 15 is 0 Å². The Balaban J connectivity index is 2.04. The fourth-order valence-corrected chi connectivity index (χ4v) is 2.41. The number of rotatable bonds is 4. The molecule has 0 radical (unpaired) electrons. The zero-order chi connectivity index (χ0) is 13.8. The highest BCUT2D eigenvalue weighted by molar-refractivity contribution is 9.10. The van der Waals surface area contributed by atoms with Crippen LogP contribution in [0.4, 0.5) is 0 Å². The Bertz CT molecular complexity index is 611. The lowest BCUT2D eigenvalue weighted by Gasteiger charge is -2.08. The van der Waals surface area contributed by atoms with Crippen LogP contribution in [-0.2, 0) is 0 Å². The summed E-state index contributed by atoms with van der Waals surface area (Å²) in [6.07, 6.45) is 0. The molecule has 0 atom stereocenters. The molecule has 98 valence electrons. The summed E-state index contributed by atoms with van der Waals surface area (Å²) >= 11 is 9.26. The lowest BCUT2D eigenvalue weighted by molar-refractivity contribution is 0.0921. The molecule has 0 unspecified atom stereocenters. The number of hydrogen-bond acceptors (Lipinski definition) is 2. The highest BCUT2D eigenvalue weighted by atomic mass is 79.9. The van der Waals surface area contributed by atoms with Crippen LogP contribution in [0.1, 0.15) is 15.9 Å². The first-order chi connectivity index (χ1) is 9.06. The standard InChI is InChI=1S/C15H12BrClO2/c1-10-5-6-15(13(16)7-10)19-9-14(18)11-3-2-4-12(17)8-11/h2-8H,9H2,1H3. The average molecular weight is 340 g/mol. The fraction of sp³-hybridized carbons (Fsp3) is 0.133. The Hall–Kier alpha value is -1.32. The van der Waals surface area contributed by atoms with Gasteiger partial charge in [0.05, 0.1) is 4.47 Å². The summed E-state index contributed by atoms with van der Waals surface area (Å²) in [5.74, 6) is 0.552. The molecule has 0 fully saturated rings. The van der Waals surface area contributed by atoms with Gasteiger partial charge in [-0.1, -0.05) is 29.8 Å². The first-order valence-corrected chi connectivity index (χ1v) is 6.91. The average Bonchev–Trinajstić information content (AvgIpc) is 2.37. The highest BCUT2D eigenvalue weighted by Gasteiger charge is 2.08. The van der Waals surface area contributed by atoms with Crippen molar-refractivity contribution < 1.29 is 9.53 Å². The van der Waals surface area contributed by atoms with Gasteiger partial charge in [0.25, 0.3) is 0 Å². The summed E-state index contributed by atoms with van der Waals surface area (Å²) in [6, 6.07) is 12.6. The van der Waals surface area contributed by atoms with Crippen LogP contribution < -0.4 is 4.74 Å². The van der Waals surface area contributed by atoms with E-state index in [1.807, 2.05) is 25.1 Å². The summed E-state index contributed by atoms with van der Waals surface area (Å²) in [5.41, 5.74) is 1.68. The number of hydrogen-bond donors (Lipinski definition) is 0. The quantitative estimate of drug-likeness (QED) is 0.757. The molecule has 2 aromatic carbocycles. The second-order valence-electron chi connectivity index (χ2n) is 4.16. The fourth-order valence-electron chi connectivity index (χ4n) is 1.61.